The molecule has 0 unspecified atom stereocenters. The summed E-state index contributed by atoms with van der Waals surface area (Å²) in [5, 5.41) is 0.604. The van der Waals surface area contributed by atoms with E-state index in [1.54, 1.807) is 12.1 Å². The molecule has 2 heterocycles. The largest absolute Gasteiger partial charge is 0.379 e. The van der Waals surface area contributed by atoms with E-state index in [1.165, 1.54) is 51.5 Å². The minimum Gasteiger partial charge on any atom is -0.379 e. The summed E-state index contributed by atoms with van der Waals surface area (Å²) in [5.41, 5.74) is 0.600. The molecular weight excluding hydrogens is 370 g/mol. The number of hydrogen-bond acceptors (Lipinski definition) is 4. The summed E-state index contributed by atoms with van der Waals surface area (Å²) in [4.78, 5) is 20.4. The van der Waals surface area contributed by atoms with Crippen LogP contribution in [0.3, 0.4) is 0 Å². The van der Waals surface area contributed by atoms with Gasteiger partial charge in [-0.1, -0.05) is 35.2 Å². The van der Waals surface area contributed by atoms with E-state index in [-0.39, 0.29) is 5.56 Å². The number of halogens is 1. The predicted octanol–water partition coefficient (Wildman–Crippen LogP) is 3.34. The third-order valence-electron chi connectivity index (χ3n) is 4.74. The minimum atomic E-state index is -0.110. The molecule has 0 spiro atoms. The number of nitrogens with zero attached hydrogens (tertiary/aromatic N) is 2. The number of nitrogens with one attached hydrogen (secondary N) is 1. The van der Waals surface area contributed by atoms with Crippen molar-refractivity contribution in [3.63, 3.8) is 0 Å². The van der Waals surface area contributed by atoms with E-state index in [4.69, 9.17) is 4.74 Å². The second kappa shape index (κ2) is 8.74. The van der Waals surface area contributed by atoms with Crippen LogP contribution in [-0.4, -0.2) is 47.2 Å². The Kier molecular flexibility index (Phi) is 6.40. The molecule has 0 amide bonds. The molecule has 2 aromatic rings. The van der Waals surface area contributed by atoms with Crippen LogP contribution in [0.15, 0.2) is 33.8 Å². The van der Waals surface area contributed by atoms with E-state index < -0.39 is 0 Å². The molecule has 0 bridgehead atoms. The number of benzene rings is 1. The first kappa shape index (κ1) is 17.6. The Morgan fingerprint density at radius 1 is 1.17 bits per heavy atom. The quantitative estimate of drug-likeness (QED) is 0.806. The average molecular weight is 394 g/mol. The van der Waals surface area contributed by atoms with Crippen LogP contribution in [0, 0.1) is 0 Å². The van der Waals surface area contributed by atoms with Gasteiger partial charge in [-0.15, -0.1) is 0 Å². The van der Waals surface area contributed by atoms with Gasteiger partial charge in [-0.3, -0.25) is 9.69 Å². The van der Waals surface area contributed by atoms with Crippen molar-refractivity contribution in [3.8, 4) is 0 Å². The van der Waals surface area contributed by atoms with Gasteiger partial charge in [0.25, 0.3) is 5.56 Å². The lowest BCUT2D eigenvalue weighted by Crippen LogP contribution is -2.44. The van der Waals surface area contributed by atoms with Crippen LogP contribution in [0.2, 0.25) is 0 Å². The molecular formula is C18H24BrN3O2. The van der Waals surface area contributed by atoms with Crippen molar-refractivity contribution in [2.24, 2.45) is 0 Å². The average Bonchev–Trinajstić information content (AvgIpc) is 2.65. The monoisotopic (exact) mass is 393 g/mol. The van der Waals surface area contributed by atoms with Crippen LogP contribution in [0.4, 0.5) is 0 Å². The van der Waals surface area contributed by atoms with E-state index in [0.29, 0.717) is 10.9 Å². The number of ether oxygens (including phenoxy) is 1. The molecule has 1 aliphatic carbocycles. The summed E-state index contributed by atoms with van der Waals surface area (Å²) < 4.78 is 6.23. The standard InChI is InChI=1S/C10H19NO.C8H5BrN2O/c1-2-4-10(5-3-1)11-6-8-12-9-7-11;9-5-1-2-7-6(3-5)8(12)11-4-10-7/h10H,1-9H2;1-4H,(H,10,11,12). The van der Waals surface area contributed by atoms with Gasteiger partial charge in [0.1, 0.15) is 0 Å². The Balaban J connectivity index is 0.000000141. The van der Waals surface area contributed by atoms with Crippen LogP contribution >= 0.6 is 15.9 Å². The van der Waals surface area contributed by atoms with Crippen LogP contribution in [0.1, 0.15) is 32.1 Å². The van der Waals surface area contributed by atoms with Crippen LogP contribution < -0.4 is 5.56 Å². The Bertz CT molecular complexity index is 691. The van der Waals surface area contributed by atoms with Crippen LogP contribution in [-0.2, 0) is 4.74 Å². The van der Waals surface area contributed by atoms with E-state index in [0.717, 1.165) is 23.7 Å². The first-order valence-corrected chi connectivity index (χ1v) is 9.48. The van der Waals surface area contributed by atoms with Gasteiger partial charge in [-0.2, -0.15) is 0 Å². The number of rotatable bonds is 1. The molecule has 4 rings (SSSR count). The van der Waals surface area contributed by atoms with Crippen LogP contribution in [0.5, 0.6) is 0 Å². The number of hydrogen-bond donors (Lipinski definition) is 1. The van der Waals surface area contributed by atoms with Gasteiger partial charge < -0.3 is 9.72 Å². The maximum atomic E-state index is 11.2. The van der Waals surface area contributed by atoms with E-state index >= 15 is 0 Å². The Labute approximate surface area is 150 Å². The third kappa shape index (κ3) is 4.65. The highest BCUT2D eigenvalue weighted by Gasteiger charge is 2.22. The molecule has 1 N–H and O–H groups in total. The summed E-state index contributed by atoms with van der Waals surface area (Å²) in [7, 11) is 0. The van der Waals surface area contributed by atoms with E-state index in [1.807, 2.05) is 6.07 Å². The molecule has 1 aliphatic heterocycles. The SMILES string of the molecule is C1CCC(N2CCOCC2)CC1.O=c1[nH]cnc2ccc(Br)cc12. The van der Waals surface area contributed by atoms with E-state index in [9.17, 15) is 4.79 Å². The van der Waals surface area contributed by atoms with Gasteiger partial charge in [0.15, 0.2) is 0 Å². The fourth-order valence-electron chi connectivity index (χ4n) is 3.43. The number of morpholine rings is 1. The van der Waals surface area contributed by atoms with Crippen molar-refractivity contribution < 1.29 is 4.74 Å². The topological polar surface area (TPSA) is 58.2 Å². The fourth-order valence-corrected chi connectivity index (χ4v) is 3.79. The molecule has 130 valence electrons. The number of aromatic amines is 1. The molecule has 1 aromatic carbocycles. The second-order valence-corrected chi connectivity index (χ2v) is 7.25. The number of aromatic nitrogens is 2. The van der Waals surface area contributed by atoms with Crippen molar-refractivity contribution in [2.45, 2.75) is 38.1 Å². The smallest absolute Gasteiger partial charge is 0.258 e. The Hall–Kier alpha value is -1.24. The number of H-pyrrole nitrogens is 1. The van der Waals surface area contributed by atoms with Gasteiger partial charge in [0.2, 0.25) is 0 Å². The van der Waals surface area contributed by atoms with Crippen LogP contribution in [0.25, 0.3) is 10.9 Å². The number of fused-ring (bicyclic) bond motifs is 1. The lowest BCUT2D eigenvalue weighted by atomic mass is 9.94. The molecule has 2 fully saturated rings. The van der Waals surface area contributed by atoms with Crippen molar-refractivity contribution in [2.75, 3.05) is 26.3 Å². The lowest BCUT2D eigenvalue weighted by molar-refractivity contribution is 0.00858. The normalized spacial score (nSPS) is 19.7. The second-order valence-electron chi connectivity index (χ2n) is 6.33. The van der Waals surface area contributed by atoms with Gasteiger partial charge in [-0.05, 0) is 31.0 Å². The van der Waals surface area contributed by atoms with E-state index in [2.05, 4.69) is 30.8 Å². The summed E-state index contributed by atoms with van der Waals surface area (Å²) in [6.45, 7) is 4.25. The highest BCUT2D eigenvalue weighted by Crippen LogP contribution is 2.22. The first-order valence-electron chi connectivity index (χ1n) is 8.69. The lowest BCUT2D eigenvalue weighted by Gasteiger charge is -2.36. The summed E-state index contributed by atoms with van der Waals surface area (Å²) >= 11 is 3.29. The first-order chi connectivity index (χ1) is 11.7. The fraction of sp³-hybridized carbons (Fsp3) is 0.556. The Morgan fingerprint density at radius 2 is 1.92 bits per heavy atom. The summed E-state index contributed by atoms with van der Waals surface area (Å²) in [6, 6.07) is 6.30. The van der Waals surface area contributed by atoms with Crippen molar-refractivity contribution in [3.05, 3.63) is 39.4 Å². The highest BCUT2D eigenvalue weighted by molar-refractivity contribution is 9.10. The maximum Gasteiger partial charge on any atom is 0.258 e. The predicted molar refractivity (Wildman–Crippen MR) is 99.3 cm³/mol. The molecule has 5 nitrogen and oxygen atoms in total. The summed E-state index contributed by atoms with van der Waals surface area (Å²) in [5.74, 6) is 0. The third-order valence-corrected chi connectivity index (χ3v) is 5.23. The Morgan fingerprint density at radius 3 is 2.67 bits per heavy atom. The van der Waals surface area contributed by atoms with Gasteiger partial charge in [0.05, 0.1) is 30.4 Å². The minimum absolute atomic E-state index is 0.110. The molecule has 1 saturated heterocycles. The van der Waals surface area contributed by atoms with Gasteiger partial charge in [0, 0.05) is 23.6 Å². The van der Waals surface area contributed by atoms with Gasteiger partial charge >= 0.3 is 0 Å². The van der Waals surface area contributed by atoms with Gasteiger partial charge in [-0.25, -0.2) is 4.98 Å². The highest BCUT2D eigenvalue weighted by atomic mass is 79.9. The zero-order valence-electron chi connectivity index (χ0n) is 13.8. The van der Waals surface area contributed by atoms with Crippen molar-refractivity contribution >= 4 is 26.8 Å². The molecule has 0 atom stereocenters. The summed E-state index contributed by atoms with van der Waals surface area (Å²) in [6.07, 6.45) is 8.61. The zero-order chi connectivity index (χ0) is 16.8. The molecule has 0 radical (unpaired) electrons. The molecule has 2 aliphatic rings. The molecule has 6 heteroatoms. The molecule has 24 heavy (non-hydrogen) atoms. The maximum absolute atomic E-state index is 11.2. The molecule has 1 aromatic heterocycles. The van der Waals surface area contributed by atoms with Crippen molar-refractivity contribution in [1.29, 1.82) is 0 Å². The van der Waals surface area contributed by atoms with Crippen molar-refractivity contribution in [1.82, 2.24) is 14.9 Å². The molecule has 1 saturated carbocycles. The zero-order valence-corrected chi connectivity index (χ0v) is 15.4.